The first-order chi connectivity index (χ1) is 18.6. The van der Waals surface area contributed by atoms with Crippen molar-refractivity contribution in [2.75, 3.05) is 13.2 Å². The maximum absolute atomic E-state index is 14.1. The molecule has 0 aromatic heterocycles. The van der Waals surface area contributed by atoms with Crippen LogP contribution in [0.2, 0.25) is 0 Å². The molecule has 0 spiro atoms. The molecule has 4 atom stereocenters. The third kappa shape index (κ3) is 8.65. The molecule has 212 valence electrons. The highest BCUT2D eigenvalue weighted by Crippen LogP contribution is 2.33. The van der Waals surface area contributed by atoms with Crippen molar-refractivity contribution in [3.63, 3.8) is 0 Å². The van der Waals surface area contributed by atoms with Gasteiger partial charge in [-0.15, -0.1) is 0 Å². The molecule has 1 aliphatic rings. The molecule has 1 saturated heterocycles. The zero-order valence-corrected chi connectivity index (χ0v) is 23.8. The number of hydrogen-bond acceptors (Lipinski definition) is 5. The highest BCUT2D eigenvalue weighted by Gasteiger charge is 2.44. The van der Waals surface area contributed by atoms with Crippen molar-refractivity contribution in [2.24, 2.45) is 5.41 Å². The molecule has 1 aliphatic heterocycles. The number of carboxylic acids is 1. The van der Waals surface area contributed by atoms with E-state index in [2.05, 4.69) is 5.32 Å². The van der Waals surface area contributed by atoms with E-state index in [0.717, 1.165) is 24.0 Å². The molecule has 1 fully saturated rings. The van der Waals surface area contributed by atoms with Crippen molar-refractivity contribution < 1.29 is 24.2 Å². The van der Waals surface area contributed by atoms with E-state index in [1.54, 1.807) is 0 Å². The van der Waals surface area contributed by atoms with Crippen molar-refractivity contribution in [2.45, 2.75) is 90.3 Å². The van der Waals surface area contributed by atoms with Crippen molar-refractivity contribution in [3.05, 3.63) is 71.8 Å². The van der Waals surface area contributed by atoms with Crippen LogP contribution in [0.1, 0.15) is 76.8 Å². The molecule has 7 nitrogen and oxygen atoms in total. The molecule has 0 bridgehead atoms. The van der Waals surface area contributed by atoms with Gasteiger partial charge >= 0.3 is 11.9 Å². The summed E-state index contributed by atoms with van der Waals surface area (Å²) in [7, 11) is 0. The van der Waals surface area contributed by atoms with E-state index in [1.165, 1.54) is 4.90 Å². The number of nitrogens with one attached hydrogen (secondary N) is 1. The molecule has 0 saturated carbocycles. The van der Waals surface area contributed by atoms with E-state index in [1.807, 2.05) is 88.4 Å². The fourth-order valence-electron chi connectivity index (χ4n) is 5.35. The Hall–Kier alpha value is -3.19. The standard InChI is InChI=1S/C32H44N2O5/c1-5-6-21-39-31(38)27(19-17-23-13-9-7-10-14-23)33-26-20-18-25(24-15-11-8-12-16-24)22-34(29(26)35)28(30(36)37)32(2,3)4/h7-16,25-28,33H,5-6,17-22H2,1-4H3,(H,36,37). The molecule has 1 heterocycles. The van der Waals surface area contributed by atoms with Gasteiger partial charge in [-0.2, -0.15) is 0 Å². The van der Waals surface area contributed by atoms with Crippen LogP contribution in [0.5, 0.6) is 0 Å². The Labute approximate surface area is 232 Å². The van der Waals surface area contributed by atoms with Crippen LogP contribution >= 0.6 is 0 Å². The second-order valence-electron chi connectivity index (χ2n) is 11.6. The minimum Gasteiger partial charge on any atom is -0.480 e. The Bertz CT molecular complexity index is 1070. The molecular weight excluding hydrogens is 492 g/mol. The number of aryl methyl sites for hydroxylation is 1. The van der Waals surface area contributed by atoms with Crippen molar-refractivity contribution >= 4 is 17.8 Å². The second kappa shape index (κ2) is 14.3. The van der Waals surface area contributed by atoms with Gasteiger partial charge in [-0.05, 0) is 48.6 Å². The SMILES string of the molecule is CCCCOC(=O)C(CCc1ccccc1)NC1CCC(c2ccccc2)CN(C(C(=O)O)C(C)(C)C)C1=O. The molecule has 3 rings (SSSR count). The quantitative estimate of drug-likeness (QED) is 0.286. The molecule has 2 aromatic carbocycles. The third-order valence-corrected chi connectivity index (χ3v) is 7.43. The van der Waals surface area contributed by atoms with Crippen LogP contribution in [0, 0.1) is 5.41 Å². The van der Waals surface area contributed by atoms with E-state index < -0.39 is 29.5 Å². The normalized spacial score (nSPS) is 19.7. The summed E-state index contributed by atoms with van der Waals surface area (Å²) < 4.78 is 5.58. The number of amides is 1. The van der Waals surface area contributed by atoms with Crippen molar-refractivity contribution in [1.29, 1.82) is 0 Å². The summed E-state index contributed by atoms with van der Waals surface area (Å²) in [6, 6.07) is 17.5. The number of likely N-dealkylation sites (tertiary alicyclic amines) is 1. The number of benzene rings is 2. The smallest absolute Gasteiger partial charge is 0.326 e. The van der Waals surface area contributed by atoms with Crippen LogP contribution < -0.4 is 5.32 Å². The van der Waals surface area contributed by atoms with Gasteiger partial charge in [0.1, 0.15) is 12.1 Å². The Morgan fingerprint density at radius 1 is 1.05 bits per heavy atom. The van der Waals surface area contributed by atoms with Gasteiger partial charge in [-0.1, -0.05) is 94.8 Å². The van der Waals surface area contributed by atoms with E-state index in [9.17, 15) is 19.5 Å². The van der Waals surface area contributed by atoms with Gasteiger partial charge in [0.2, 0.25) is 5.91 Å². The number of unbranched alkanes of at least 4 members (excludes halogenated alkanes) is 1. The number of carbonyl (C=O) groups excluding carboxylic acids is 2. The zero-order valence-electron chi connectivity index (χ0n) is 23.8. The molecule has 4 unspecified atom stereocenters. The zero-order chi connectivity index (χ0) is 28.4. The average Bonchev–Trinajstić information content (AvgIpc) is 3.05. The van der Waals surface area contributed by atoms with Gasteiger partial charge in [0, 0.05) is 12.5 Å². The highest BCUT2D eigenvalue weighted by atomic mass is 16.5. The number of nitrogens with zero attached hydrogens (tertiary/aromatic N) is 1. The number of aliphatic carboxylic acids is 1. The summed E-state index contributed by atoms with van der Waals surface area (Å²) in [5.41, 5.74) is 1.50. The van der Waals surface area contributed by atoms with Crippen LogP contribution in [-0.2, 0) is 25.5 Å². The lowest BCUT2D eigenvalue weighted by Gasteiger charge is -2.39. The van der Waals surface area contributed by atoms with Gasteiger partial charge in [-0.25, -0.2) is 4.79 Å². The summed E-state index contributed by atoms with van der Waals surface area (Å²) >= 11 is 0. The van der Waals surface area contributed by atoms with E-state index in [4.69, 9.17) is 4.74 Å². The first kappa shape index (κ1) is 30.4. The van der Waals surface area contributed by atoms with Gasteiger partial charge in [0.15, 0.2) is 0 Å². The molecule has 2 aromatic rings. The van der Waals surface area contributed by atoms with E-state index in [0.29, 0.717) is 38.8 Å². The molecule has 0 radical (unpaired) electrons. The van der Waals surface area contributed by atoms with E-state index in [-0.39, 0.29) is 17.8 Å². The fraction of sp³-hybridized carbons (Fsp3) is 0.531. The van der Waals surface area contributed by atoms with Gasteiger partial charge in [0.25, 0.3) is 0 Å². The van der Waals surface area contributed by atoms with Gasteiger partial charge < -0.3 is 14.7 Å². The lowest BCUT2D eigenvalue weighted by atomic mass is 9.84. The molecule has 2 N–H and O–H groups in total. The fourth-order valence-corrected chi connectivity index (χ4v) is 5.35. The maximum Gasteiger partial charge on any atom is 0.326 e. The summed E-state index contributed by atoms with van der Waals surface area (Å²) in [6.45, 7) is 8.22. The van der Waals surface area contributed by atoms with Gasteiger partial charge in [-0.3, -0.25) is 14.9 Å². The lowest BCUT2D eigenvalue weighted by molar-refractivity contribution is -0.156. The first-order valence-corrected chi connectivity index (χ1v) is 14.2. The third-order valence-electron chi connectivity index (χ3n) is 7.43. The Morgan fingerprint density at radius 2 is 1.69 bits per heavy atom. The number of hydrogen-bond donors (Lipinski definition) is 2. The van der Waals surface area contributed by atoms with Crippen molar-refractivity contribution in [1.82, 2.24) is 10.2 Å². The monoisotopic (exact) mass is 536 g/mol. The van der Waals surface area contributed by atoms with E-state index >= 15 is 0 Å². The Morgan fingerprint density at radius 3 is 2.28 bits per heavy atom. The lowest BCUT2D eigenvalue weighted by Crippen LogP contribution is -2.58. The van der Waals surface area contributed by atoms with Crippen LogP contribution in [0.3, 0.4) is 0 Å². The molecule has 39 heavy (non-hydrogen) atoms. The Kier molecular flexibility index (Phi) is 11.1. The van der Waals surface area contributed by atoms with Crippen LogP contribution in [0.15, 0.2) is 60.7 Å². The number of carboxylic acid groups (broad SMARTS) is 1. The molecule has 1 amide bonds. The first-order valence-electron chi connectivity index (χ1n) is 14.2. The number of carbonyl (C=O) groups is 3. The number of ether oxygens (including phenoxy) is 1. The van der Waals surface area contributed by atoms with Crippen LogP contribution in [0.25, 0.3) is 0 Å². The number of rotatable bonds is 12. The highest BCUT2D eigenvalue weighted by molar-refractivity contribution is 5.88. The predicted octanol–water partition coefficient (Wildman–Crippen LogP) is 5.19. The van der Waals surface area contributed by atoms with Gasteiger partial charge in [0.05, 0.1) is 12.6 Å². The minimum atomic E-state index is -1.03. The maximum atomic E-state index is 14.1. The van der Waals surface area contributed by atoms with Crippen LogP contribution in [-0.4, -0.2) is 59.1 Å². The Balaban J connectivity index is 1.89. The topological polar surface area (TPSA) is 95.9 Å². The summed E-state index contributed by atoms with van der Waals surface area (Å²) in [4.78, 5) is 41.3. The minimum absolute atomic E-state index is 0.00887. The second-order valence-corrected chi connectivity index (χ2v) is 11.6. The number of esters is 1. The largest absolute Gasteiger partial charge is 0.480 e. The summed E-state index contributed by atoms with van der Waals surface area (Å²) in [5.74, 6) is -1.68. The molecule has 7 heteroatoms. The van der Waals surface area contributed by atoms with Crippen molar-refractivity contribution in [3.8, 4) is 0 Å². The molecular formula is C32H44N2O5. The summed E-state index contributed by atoms with van der Waals surface area (Å²) in [6.07, 6.45) is 4.00. The molecule has 0 aliphatic carbocycles. The average molecular weight is 537 g/mol. The summed E-state index contributed by atoms with van der Waals surface area (Å²) in [5, 5.41) is 13.6. The van der Waals surface area contributed by atoms with Crippen LogP contribution in [0.4, 0.5) is 0 Å². The predicted molar refractivity (Wildman–Crippen MR) is 152 cm³/mol.